The summed E-state index contributed by atoms with van der Waals surface area (Å²) >= 11 is 0. The summed E-state index contributed by atoms with van der Waals surface area (Å²) in [6.07, 6.45) is 3.07. The lowest BCUT2D eigenvalue weighted by Crippen LogP contribution is -2.13. The molecule has 0 saturated carbocycles. The Bertz CT molecular complexity index is 428. The number of para-hydroxylation sites is 2. The third kappa shape index (κ3) is 0.902. The first-order chi connectivity index (χ1) is 5.38. The molecule has 2 aromatic rings. The summed E-state index contributed by atoms with van der Waals surface area (Å²) in [5, 5.41) is 0. The second-order valence-corrected chi connectivity index (χ2v) is 2.30. The summed E-state index contributed by atoms with van der Waals surface area (Å²) in [4.78, 5) is 14.0. The van der Waals surface area contributed by atoms with Crippen molar-refractivity contribution in [3.05, 3.63) is 41.6 Å². The lowest BCUT2D eigenvalue weighted by Gasteiger charge is -1.85. The predicted molar refractivity (Wildman–Crippen MR) is 41.7 cm³/mol. The Hall–Kier alpha value is -1.64. The first-order valence-corrected chi connectivity index (χ1v) is 3.36. The molecule has 11 heavy (non-hydrogen) atoms. The van der Waals surface area contributed by atoms with Gasteiger partial charge in [0.1, 0.15) is 5.52 Å². The molecule has 3 heteroatoms. The van der Waals surface area contributed by atoms with E-state index in [0.717, 1.165) is 9.94 Å². The zero-order chi connectivity index (χ0) is 7.68. The highest BCUT2D eigenvalue weighted by atomic mass is 16.3. The molecule has 0 aliphatic rings. The summed E-state index contributed by atoms with van der Waals surface area (Å²) in [6, 6.07) is 7.37. The molecule has 0 saturated heterocycles. The minimum Gasteiger partial charge on any atom is -0.351 e. The molecule has 2 rings (SSSR count). The normalized spacial score (nSPS) is 10.2. The molecule has 0 radical (unpaired) electrons. The van der Waals surface area contributed by atoms with Crippen LogP contribution in [-0.4, -0.2) is 4.98 Å². The largest absolute Gasteiger partial charge is 0.351 e. The Balaban J connectivity index is 3.03. The molecule has 0 bridgehead atoms. The van der Waals surface area contributed by atoms with Gasteiger partial charge in [-0.2, -0.15) is 0 Å². The average molecular weight is 147 g/mol. The first-order valence-electron chi connectivity index (χ1n) is 3.36. The molecule has 0 amide bonds. The quantitative estimate of drug-likeness (QED) is 0.556. The highest BCUT2D eigenvalue weighted by Gasteiger charge is 2.01. The molecular weight excluding hydrogens is 140 g/mol. The Morgan fingerprint density at radius 3 is 2.91 bits per heavy atom. The molecule has 0 fully saturated rings. The number of rotatable bonds is 0. The van der Waals surface area contributed by atoms with Gasteiger partial charge in [0.2, 0.25) is 6.20 Å². The standard InChI is InChI=1S/C8H7N2O/c11-10-6-5-9-7-3-1-2-4-8(7)10/h1-6H,(H,9,11)/q+1. The smallest absolute Gasteiger partial charge is 0.286 e. The van der Waals surface area contributed by atoms with Gasteiger partial charge in [-0.3, -0.25) is 0 Å². The monoisotopic (exact) mass is 147 g/mol. The first kappa shape index (κ1) is 6.09. The lowest BCUT2D eigenvalue weighted by molar-refractivity contribution is -0.464. The molecule has 54 valence electrons. The highest BCUT2D eigenvalue weighted by Crippen LogP contribution is 2.02. The average Bonchev–Trinajstić information content (AvgIpc) is 2.06. The van der Waals surface area contributed by atoms with Gasteiger partial charge in [0.25, 0.3) is 5.52 Å². The van der Waals surface area contributed by atoms with Gasteiger partial charge in [0.05, 0.1) is 10.6 Å². The Kier molecular flexibility index (Phi) is 1.22. The van der Waals surface area contributed by atoms with Crippen molar-refractivity contribution in [3.8, 4) is 0 Å². The fraction of sp³-hybridized carbons (Fsp3) is 0. The van der Waals surface area contributed by atoms with Crippen molar-refractivity contribution in [1.29, 1.82) is 0 Å². The second kappa shape index (κ2) is 2.20. The van der Waals surface area contributed by atoms with Gasteiger partial charge in [0, 0.05) is 11.0 Å². The van der Waals surface area contributed by atoms with Gasteiger partial charge in [-0.15, -0.1) is 0 Å². The number of aromatic amines is 1. The SMILES string of the molecule is O=[n+]1cc[nH]c2ccccc21. The van der Waals surface area contributed by atoms with Gasteiger partial charge >= 0.3 is 0 Å². The van der Waals surface area contributed by atoms with Crippen LogP contribution in [0.3, 0.4) is 0 Å². The maximum atomic E-state index is 11.1. The van der Waals surface area contributed by atoms with Crippen LogP contribution in [0.1, 0.15) is 0 Å². The van der Waals surface area contributed by atoms with Crippen LogP contribution in [-0.2, 0) is 0 Å². The van der Waals surface area contributed by atoms with E-state index in [4.69, 9.17) is 0 Å². The molecule has 1 N–H and O–H groups in total. The Morgan fingerprint density at radius 2 is 2.09 bits per heavy atom. The molecule has 0 aliphatic carbocycles. The number of nitrogens with zero attached hydrogens (tertiary/aromatic N) is 1. The molecule has 1 heterocycles. The molecule has 1 aromatic carbocycles. The maximum absolute atomic E-state index is 11.1. The summed E-state index contributed by atoms with van der Waals surface area (Å²) in [5.41, 5.74) is 1.51. The van der Waals surface area contributed by atoms with E-state index in [1.165, 1.54) is 6.20 Å². The number of benzene rings is 1. The van der Waals surface area contributed by atoms with Crippen LogP contribution in [0.4, 0.5) is 0 Å². The summed E-state index contributed by atoms with van der Waals surface area (Å²) in [5.74, 6) is 0. The van der Waals surface area contributed by atoms with E-state index in [1.54, 1.807) is 12.3 Å². The minimum absolute atomic E-state index is 0.662. The van der Waals surface area contributed by atoms with Crippen LogP contribution in [0.25, 0.3) is 11.0 Å². The number of aromatic nitrogens is 2. The van der Waals surface area contributed by atoms with Gasteiger partial charge in [-0.25, -0.2) is 0 Å². The summed E-state index contributed by atoms with van der Waals surface area (Å²) < 4.78 is 0.839. The third-order valence-corrected chi connectivity index (χ3v) is 1.59. The van der Waals surface area contributed by atoms with E-state index < -0.39 is 0 Å². The van der Waals surface area contributed by atoms with Crippen molar-refractivity contribution >= 4 is 11.0 Å². The zero-order valence-corrected chi connectivity index (χ0v) is 5.82. The summed E-state index contributed by atoms with van der Waals surface area (Å²) in [6.45, 7) is 0. The number of H-pyrrole nitrogens is 1. The zero-order valence-electron chi connectivity index (χ0n) is 5.82. The van der Waals surface area contributed by atoms with Crippen LogP contribution < -0.4 is 4.43 Å². The Labute approximate surface area is 62.9 Å². The molecule has 0 unspecified atom stereocenters. The van der Waals surface area contributed by atoms with Gasteiger partial charge in [-0.05, 0) is 6.07 Å². The molecular formula is C8H7N2O+. The fourth-order valence-electron chi connectivity index (χ4n) is 1.06. The number of fused-ring (bicyclic) bond motifs is 1. The van der Waals surface area contributed by atoms with Crippen molar-refractivity contribution in [2.75, 3.05) is 0 Å². The van der Waals surface area contributed by atoms with Crippen molar-refractivity contribution in [2.45, 2.75) is 0 Å². The van der Waals surface area contributed by atoms with Crippen molar-refractivity contribution in [1.82, 2.24) is 4.98 Å². The summed E-state index contributed by atoms with van der Waals surface area (Å²) in [7, 11) is 0. The minimum atomic E-state index is 0.662. The molecule has 0 spiro atoms. The molecule has 1 aromatic heterocycles. The predicted octanol–water partition coefficient (Wildman–Crippen LogP) is 1.08. The van der Waals surface area contributed by atoms with Crippen molar-refractivity contribution in [3.63, 3.8) is 0 Å². The third-order valence-electron chi connectivity index (χ3n) is 1.59. The van der Waals surface area contributed by atoms with E-state index in [1.807, 2.05) is 18.2 Å². The van der Waals surface area contributed by atoms with E-state index in [-0.39, 0.29) is 0 Å². The van der Waals surface area contributed by atoms with Gasteiger partial charge in [-0.1, -0.05) is 12.1 Å². The van der Waals surface area contributed by atoms with Gasteiger partial charge < -0.3 is 4.98 Å². The van der Waals surface area contributed by atoms with Crippen molar-refractivity contribution < 1.29 is 4.43 Å². The number of hydrogen-bond acceptors (Lipinski definition) is 1. The van der Waals surface area contributed by atoms with Crippen LogP contribution in [0.5, 0.6) is 0 Å². The van der Waals surface area contributed by atoms with Crippen LogP contribution in [0.2, 0.25) is 0 Å². The van der Waals surface area contributed by atoms with Crippen LogP contribution in [0.15, 0.2) is 36.7 Å². The van der Waals surface area contributed by atoms with Crippen LogP contribution in [0, 0.1) is 4.91 Å². The van der Waals surface area contributed by atoms with E-state index in [2.05, 4.69) is 4.98 Å². The second-order valence-electron chi connectivity index (χ2n) is 2.30. The number of nitrogens with one attached hydrogen (secondary N) is 1. The maximum Gasteiger partial charge on any atom is 0.286 e. The topological polar surface area (TPSA) is 38.8 Å². The highest BCUT2D eigenvalue weighted by molar-refractivity contribution is 5.69. The molecule has 0 atom stereocenters. The lowest BCUT2D eigenvalue weighted by atomic mass is 10.3. The Morgan fingerprint density at radius 1 is 1.27 bits per heavy atom. The van der Waals surface area contributed by atoms with Gasteiger partial charge in [0.15, 0.2) is 0 Å². The molecule has 3 nitrogen and oxygen atoms in total. The fourth-order valence-corrected chi connectivity index (χ4v) is 1.06. The number of hydrogen-bond donors (Lipinski definition) is 1. The van der Waals surface area contributed by atoms with Crippen LogP contribution >= 0.6 is 0 Å². The molecule has 0 aliphatic heterocycles. The van der Waals surface area contributed by atoms with E-state index in [0.29, 0.717) is 5.52 Å². The van der Waals surface area contributed by atoms with E-state index >= 15 is 0 Å². The van der Waals surface area contributed by atoms with E-state index in [9.17, 15) is 4.91 Å². The van der Waals surface area contributed by atoms with Crippen molar-refractivity contribution in [2.24, 2.45) is 0 Å².